The van der Waals surface area contributed by atoms with Crippen LogP contribution in [-0.4, -0.2) is 27.7 Å². The molecule has 3 rings (SSSR count). The molecule has 0 aliphatic heterocycles. The smallest absolute Gasteiger partial charge is 0.263 e. The first kappa shape index (κ1) is 14.1. The summed E-state index contributed by atoms with van der Waals surface area (Å²) in [5.41, 5.74) is 2.68. The van der Waals surface area contributed by atoms with Crippen LogP contribution in [0.15, 0.2) is 36.4 Å². The van der Waals surface area contributed by atoms with E-state index in [9.17, 15) is 4.79 Å². The predicted octanol–water partition coefficient (Wildman–Crippen LogP) is 2.59. The topological polar surface area (TPSA) is 79.9 Å². The Labute approximate surface area is 127 Å². The van der Waals surface area contributed by atoms with Crippen LogP contribution in [0.1, 0.15) is 11.3 Å². The number of H-pyrrole nitrogens is 1. The van der Waals surface area contributed by atoms with E-state index in [4.69, 9.17) is 4.74 Å². The number of carbonyl (C=O) groups excluding carboxylic acids is 1. The lowest BCUT2D eigenvalue weighted by Gasteiger charge is -2.06. The fraction of sp³-hybridized carbons (Fsp3) is 0.188. The average Bonchev–Trinajstić information content (AvgIpc) is 2.89. The Hall–Kier alpha value is -2.89. The third-order valence-corrected chi connectivity index (χ3v) is 3.21. The van der Waals surface area contributed by atoms with Crippen LogP contribution in [0.3, 0.4) is 0 Å². The summed E-state index contributed by atoms with van der Waals surface area (Å²) in [6, 6.07) is 11.3. The number of hydrogen-bond donors (Lipinski definition) is 2. The third kappa shape index (κ3) is 3.06. The van der Waals surface area contributed by atoms with Crippen molar-refractivity contribution in [2.24, 2.45) is 0 Å². The van der Waals surface area contributed by atoms with Gasteiger partial charge in [0.25, 0.3) is 5.91 Å². The van der Waals surface area contributed by atoms with Gasteiger partial charge in [0.05, 0.1) is 5.39 Å². The molecule has 112 valence electrons. The Morgan fingerprint density at radius 3 is 2.73 bits per heavy atom. The molecule has 0 aliphatic carbocycles. The van der Waals surface area contributed by atoms with Gasteiger partial charge < -0.3 is 10.1 Å². The molecule has 2 N–H and O–H groups in total. The lowest BCUT2D eigenvalue weighted by atomic mass is 10.2. The normalized spacial score (nSPS) is 10.6. The number of aryl methyl sites for hydroxylation is 2. The summed E-state index contributed by atoms with van der Waals surface area (Å²) in [5.74, 6) is 0.847. The van der Waals surface area contributed by atoms with Crippen molar-refractivity contribution >= 4 is 22.8 Å². The molecule has 0 atom stereocenters. The molecule has 0 saturated carbocycles. The summed E-state index contributed by atoms with van der Waals surface area (Å²) in [6.45, 7) is 3.82. The van der Waals surface area contributed by atoms with Crippen LogP contribution in [0.5, 0.6) is 5.75 Å². The molecule has 0 unspecified atom stereocenters. The van der Waals surface area contributed by atoms with Gasteiger partial charge in [0, 0.05) is 5.69 Å². The minimum absolute atomic E-state index is 0.0727. The van der Waals surface area contributed by atoms with Gasteiger partial charge in [0.1, 0.15) is 5.75 Å². The Balaban J connectivity index is 1.64. The molecular formula is C16H16N4O2. The average molecular weight is 296 g/mol. The number of carbonyl (C=O) groups is 1. The summed E-state index contributed by atoms with van der Waals surface area (Å²) < 4.78 is 5.44. The lowest BCUT2D eigenvalue weighted by molar-refractivity contribution is -0.118. The maximum absolute atomic E-state index is 12.0. The van der Waals surface area contributed by atoms with Gasteiger partial charge in [0.2, 0.25) is 0 Å². The Morgan fingerprint density at radius 2 is 1.95 bits per heavy atom. The molecule has 2 aromatic heterocycles. The number of ether oxygens (including phenoxy) is 1. The summed E-state index contributed by atoms with van der Waals surface area (Å²) >= 11 is 0. The first-order chi connectivity index (χ1) is 10.6. The van der Waals surface area contributed by atoms with Gasteiger partial charge in [-0.3, -0.25) is 9.89 Å². The summed E-state index contributed by atoms with van der Waals surface area (Å²) in [7, 11) is 0. The first-order valence-corrected chi connectivity index (χ1v) is 6.93. The van der Waals surface area contributed by atoms with Crippen LogP contribution in [0, 0.1) is 13.8 Å². The second-order valence-electron chi connectivity index (χ2n) is 5.07. The Kier molecular flexibility index (Phi) is 3.74. The number of hydrogen-bond acceptors (Lipinski definition) is 4. The second kappa shape index (κ2) is 5.85. The van der Waals surface area contributed by atoms with Gasteiger partial charge in [-0.05, 0) is 38.1 Å². The number of pyridine rings is 1. The zero-order chi connectivity index (χ0) is 15.5. The van der Waals surface area contributed by atoms with Crippen molar-refractivity contribution < 1.29 is 9.53 Å². The molecule has 6 nitrogen and oxygen atoms in total. The van der Waals surface area contributed by atoms with Crippen LogP contribution in [0.4, 0.5) is 5.82 Å². The van der Waals surface area contributed by atoms with E-state index >= 15 is 0 Å². The number of aromatic nitrogens is 3. The highest BCUT2D eigenvalue weighted by atomic mass is 16.5. The fourth-order valence-electron chi connectivity index (χ4n) is 2.05. The van der Waals surface area contributed by atoms with Gasteiger partial charge in [-0.2, -0.15) is 5.10 Å². The highest BCUT2D eigenvalue weighted by Crippen LogP contribution is 2.19. The molecule has 3 aromatic rings. The van der Waals surface area contributed by atoms with E-state index in [1.807, 2.05) is 50.2 Å². The summed E-state index contributed by atoms with van der Waals surface area (Å²) in [4.78, 5) is 16.3. The SMILES string of the molecule is Cc1ccc(OCC(=O)Nc2n[nH]c3nc(C)ccc23)cc1. The van der Waals surface area contributed by atoms with Crippen LogP contribution < -0.4 is 10.1 Å². The molecule has 6 heteroatoms. The van der Waals surface area contributed by atoms with Crippen LogP contribution in [0.2, 0.25) is 0 Å². The van der Waals surface area contributed by atoms with E-state index in [0.717, 1.165) is 16.6 Å². The highest BCUT2D eigenvalue weighted by molar-refractivity contribution is 5.99. The van der Waals surface area contributed by atoms with E-state index in [1.54, 1.807) is 0 Å². The standard InChI is InChI=1S/C16H16N4O2/c1-10-3-6-12(7-4-10)22-9-14(21)18-16-13-8-5-11(2)17-15(13)19-20-16/h3-8H,9H2,1-2H3,(H2,17,18,19,20,21). The number of benzene rings is 1. The molecule has 22 heavy (non-hydrogen) atoms. The molecule has 2 heterocycles. The maximum Gasteiger partial charge on any atom is 0.263 e. The van der Waals surface area contributed by atoms with Gasteiger partial charge in [-0.15, -0.1) is 0 Å². The van der Waals surface area contributed by atoms with Crippen molar-refractivity contribution in [3.63, 3.8) is 0 Å². The van der Waals surface area contributed by atoms with Gasteiger partial charge >= 0.3 is 0 Å². The van der Waals surface area contributed by atoms with Crippen molar-refractivity contribution in [1.29, 1.82) is 0 Å². The zero-order valence-electron chi connectivity index (χ0n) is 12.4. The summed E-state index contributed by atoms with van der Waals surface area (Å²) in [6.07, 6.45) is 0. The molecule has 0 aliphatic rings. The van der Waals surface area contributed by atoms with Gasteiger partial charge in [-0.1, -0.05) is 17.7 Å². The predicted molar refractivity (Wildman–Crippen MR) is 83.9 cm³/mol. The van der Waals surface area contributed by atoms with E-state index in [1.165, 1.54) is 0 Å². The van der Waals surface area contributed by atoms with Gasteiger partial charge in [-0.25, -0.2) is 4.98 Å². The number of nitrogens with zero attached hydrogens (tertiary/aromatic N) is 2. The monoisotopic (exact) mass is 296 g/mol. The highest BCUT2D eigenvalue weighted by Gasteiger charge is 2.10. The Bertz CT molecular complexity index is 809. The van der Waals surface area contributed by atoms with Crippen LogP contribution in [-0.2, 0) is 4.79 Å². The van der Waals surface area contributed by atoms with Crippen molar-refractivity contribution in [3.8, 4) is 5.75 Å². The number of aromatic amines is 1. The molecule has 0 fully saturated rings. The lowest BCUT2D eigenvalue weighted by Crippen LogP contribution is -2.20. The maximum atomic E-state index is 12.0. The number of amides is 1. The van der Waals surface area contributed by atoms with Crippen LogP contribution in [0.25, 0.3) is 11.0 Å². The minimum Gasteiger partial charge on any atom is -0.484 e. The largest absolute Gasteiger partial charge is 0.484 e. The number of fused-ring (bicyclic) bond motifs is 1. The van der Waals surface area contributed by atoms with E-state index in [2.05, 4.69) is 20.5 Å². The van der Waals surface area contributed by atoms with Crippen molar-refractivity contribution in [2.45, 2.75) is 13.8 Å². The molecule has 1 aromatic carbocycles. The molecule has 0 radical (unpaired) electrons. The molecule has 0 spiro atoms. The second-order valence-corrected chi connectivity index (χ2v) is 5.07. The van der Waals surface area contributed by atoms with E-state index in [-0.39, 0.29) is 12.5 Å². The van der Waals surface area contributed by atoms with E-state index < -0.39 is 0 Å². The first-order valence-electron chi connectivity index (χ1n) is 6.93. The van der Waals surface area contributed by atoms with Crippen molar-refractivity contribution in [3.05, 3.63) is 47.7 Å². The minimum atomic E-state index is -0.269. The van der Waals surface area contributed by atoms with Crippen molar-refractivity contribution in [1.82, 2.24) is 15.2 Å². The third-order valence-electron chi connectivity index (χ3n) is 3.21. The van der Waals surface area contributed by atoms with E-state index in [0.29, 0.717) is 17.2 Å². The molecular weight excluding hydrogens is 280 g/mol. The van der Waals surface area contributed by atoms with Crippen molar-refractivity contribution in [2.75, 3.05) is 11.9 Å². The van der Waals surface area contributed by atoms with Crippen LogP contribution >= 0.6 is 0 Å². The van der Waals surface area contributed by atoms with Gasteiger partial charge in [0.15, 0.2) is 18.1 Å². The number of nitrogens with one attached hydrogen (secondary N) is 2. The Morgan fingerprint density at radius 1 is 1.18 bits per heavy atom. The zero-order valence-corrected chi connectivity index (χ0v) is 12.4. The quantitative estimate of drug-likeness (QED) is 0.775. The number of anilines is 1. The molecule has 1 amide bonds. The summed E-state index contributed by atoms with van der Waals surface area (Å²) in [5, 5.41) is 10.4. The molecule has 0 bridgehead atoms. The fourth-order valence-corrected chi connectivity index (χ4v) is 2.05. The number of rotatable bonds is 4. The molecule has 0 saturated heterocycles.